The molecular weight excluding hydrogens is 506 g/mol. The average molecular weight is 530 g/mol. The topological polar surface area (TPSA) is 122 Å². The van der Waals surface area contributed by atoms with Crippen molar-refractivity contribution in [2.24, 2.45) is 0 Å². The van der Waals surface area contributed by atoms with Crippen molar-refractivity contribution in [2.75, 3.05) is 17.6 Å². The number of hydrogen-bond acceptors (Lipinski definition) is 7. The number of anilines is 2. The van der Waals surface area contributed by atoms with Crippen LogP contribution < -0.4 is 11.1 Å². The first-order chi connectivity index (χ1) is 18.1. The van der Waals surface area contributed by atoms with E-state index < -0.39 is 10.8 Å². The molecule has 2 aromatic carbocycles. The Kier molecular flexibility index (Phi) is 6.31. The summed E-state index contributed by atoms with van der Waals surface area (Å²) >= 11 is 6.55. The van der Waals surface area contributed by atoms with Crippen LogP contribution in [0.25, 0.3) is 33.4 Å². The van der Waals surface area contributed by atoms with Gasteiger partial charge < -0.3 is 11.1 Å². The number of nitrogens with one attached hydrogen (secondary N) is 2. The fraction of sp³-hybridized carbons (Fsp3) is 0.185. The Bertz CT molecular complexity index is 1620. The van der Waals surface area contributed by atoms with Crippen molar-refractivity contribution >= 4 is 44.8 Å². The quantitative estimate of drug-likeness (QED) is 0.251. The van der Waals surface area contributed by atoms with Gasteiger partial charge in [-0.25, -0.2) is 9.97 Å². The molecule has 186 valence electrons. The molecule has 3 aromatic heterocycles. The van der Waals surface area contributed by atoms with E-state index >= 15 is 0 Å². The van der Waals surface area contributed by atoms with Crippen molar-refractivity contribution in [3.05, 3.63) is 77.8 Å². The minimum atomic E-state index is -0.996. The van der Waals surface area contributed by atoms with E-state index in [0.717, 1.165) is 45.5 Å². The Morgan fingerprint density at radius 3 is 2.65 bits per heavy atom. The Morgan fingerprint density at radius 1 is 1.03 bits per heavy atom. The zero-order valence-electron chi connectivity index (χ0n) is 19.8. The van der Waals surface area contributed by atoms with Crippen LogP contribution in [0.15, 0.2) is 72.0 Å². The maximum absolute atomic E-state index is 12.5. The smallest absolute Gasteiger partial charge is 0.146 e. The molecule has 3 heterocycles. The predicted octanol–water partition coefficient (Wildman–Crippen LogP) is 5.24. The fourth-order valence-corrected chi connectivity index (χ4v) is 5.87. The molecule has 10 heteroatoms. The van der Waals surface area contributed by atoms with E-state index in [1.54, 1.807) is 18.6 Å². The highest BCUT2D eigenvalue weighted by Crippen LogP contribution is 2.35. The molecule has 1 unspecified atom stereocenters. The van der Waals surface area contributed by atoms with Gasteiger partial charge in [-0.05, 0) is 31.0 Å². The molecule has 1 fully saturated rings. The third-order valence-corrected chi connectivity index (χ3v) is 8.35. The van der Waals surface area contributed by atoms with Crippen LogP contribution in [0.1, 0.15) is 18.5 Å². The molecule has 0 radical (unpaired) electrons. The summed E-state index contributed by atoms with van der Waals surface area (Å²) in [6, 6.07) is 15.6. The van der Waals surface area contributed by atoms with Gasteiger partial charge in [0.2, 0.25) is 0 Å². The van der Waals surface area contributed by atoms with Crippen LogP contribution >= 0.6 is 11.6 Å². The third kappa shape index (κ3) is 4.92. The number of rotatable bonds is 8. The standard InChI is InChI=1S/C27H24ClN7OS/c28-22-11-17(10-18-13-32-35-24(18)22)26-25(16-4-2-1-3-5-16)34-27(29)23(33-26)8-9-31-19-12-21(15-30-14-19)37(36)20-6-7-20/h1-5,10-15,20,31H,6-9H2,(H2,29,34)(H,32,35). The van der Waals surface area contributed by atoms with E-state index in [0.29, 0.717) is 40.9 Å². The first kappa shape index (κ1) is 23.6. The Morgan fingerprint density at radius 2 is 1.84 bits per heavy atom. The third-order valence-electron chi connectivity index (χ3n) is 6.28. The molecule has 0 aliphatic heterocycles. The van der Waals surface area contributed by atoms with Crippen molar-refractivity contribution in [1.29, 1.82) is 0 Å². The first-order valence-corrected chi connectivity index (χ1v) is 13.6. The van der Waals surface area contributed by atoms with Gasteiger partial charge in [-0.3, -0.25) is 14.3 Å². The molecule has 0 saturated heterocycles. The average Bonchev–Trinajstić information content (AvgIpc) is 3.66. The lowest BCUT2D eigenvalue weighted by molar-refractivity contribution is 0.682. The summed E-state index contributed by atoms with van der Waals surface area (Å²) in [6.07, 6.45) is 7.72. The van der Waals surface area contributed by atoms with Gasteiger partial charge in [0.05, 0.1) is 61.4 Å². The van der Waals surface area contributed by atoms with Crippen molar-refractivity contribution < 1.29 is 4.21 Å². The number of nitrogens with zero attached hydrogens (tertiary/aromatic N) is 4. The van der Waals surface area contributed by atoms with Crippen LogP contribution in [-0.2, 0) is 17.2 Å². The first-order valence-electron chi connectivity index (χ1n) is 12.0. The molecule has 6 rings (SSSR count). The molecule has 1 saturated carbocycles. The predicted molar refractivity (Wildman–Crippen MR) is 148 cm³/mol. The number of pyridine rings is 1. The second kappa shape index (κ2) is 9.91. The summed E-state index contributed by atoms with van der Waals surface area (Å²) in [4.78, 5) is 14.8. The molecule has 5 aromatic rings. The van der Waals surface area contributed by atoms with Gasteiger partial charge in [0.15, 0.2) is 0 Å². The van der Waals surface area contributed by atoms with Gasteiger partial charge in [0.1, 0.15) is 5.82 Å². The Balaban J connectivity index is 1.31. The van der Waals surface area contributed by atoms with Crippen molar-refractivity contribution in [3.63, 3.8) is 0 Å². The second-order valence-electron chi connectivity index (χ2n) is 8.99. The van der Waals surface area contributed by atoms with Crippen LogP contribution in [0.2, 0.25) is 5.02 Å². The highest BCUT2D eigenvalue weighted by molar-refractivity contribution is 7.86. The van der Waals surface area contributed by atoms with Crippen LogP contribution in [0, 0.1) is 0 Å². The number of nitrogens with two attached hydrogens (primary N) is 1. The zero-order valence-corrected chi connectivity index (χ0v) is 21.4. The lowest BCUT2D eigenvalue weighted by atomic mass is 10.0. The molecular formula is C27H24ClN7OS. The number of aromatic nitrogens is 5. The second-order valence-corrected chi connectivity index (χ2v) is 11.1. The maximum Gasteiger partial charge on any atom is 0.146 e. The highest BCUT2D eigenvalue weighted by Gasteiger charge is 2.29. The number of benzene rings is 2. The molecule has 1 atom stereocenters. The summed E-state index contributed by atoms with van der Waals surface area (Å²) in [5, 5.41) is 12.1. The summed E-state index contributed by atoms with van der Waals surface area (Å²) in [7, 11) is -0.996. The van der Waals surface area contributed by atoms with Crippen LogP contribution in [0.4, 0.5) is 11.5 Å². The van der Waals surface area contributed by atoms with Crippen LogP contribution in [-0.4, -0.2) is 41.2 Å². The van der Waals surface area contributed by atoms with E-state index in [4.69, 9.17) is 27.3 Å². The maximum atomic E-state index is 12.5. The van der Waals surface area contributed by atoms with Gasteiger partial charge in [0, 0.05) is 40.9 Å². The molecule has 0 spiro atoms. The van der Waals surface area contributed by atoms with Gasteiger partial charge in [-0.1, -0.05) is 41.9 Å². The molecule has 4 N–H and O–H groups in total. The molecule has 1 aliphatic rings. The van der Waals surface area contributed by atoms with Crippen LogP contribution in [0.5, 0.6) is 0 Å². The Hall–Kier alpha value is -3.82. The lowest BCUT2D eigenvalue weighted by Crippen LogP contribution is -2.11. The number of nitrogen functional groups attached to an aromatic ring is 1. The highest BCUT2D eigenvalue weighted by atomic mass is 35.5. The van der Waals surface area contributed by atoms with Gasteiger partial charge in [-0.15, -0.1) is 0 Å². The molecule has 0 bridgehead atoms. The molecule has 1 aliphatic carbocycles. The SMILES string of the molecule is Nc1nc(-c2ccccc2)c(-c2cc(Cl)c3[nH]ncc3c2)nc1CCNc1cncc(S(=O)C2CC2)c1. The minimum Gasteiger partial charge on any atom is -0.383 e. The van der Waals surface area contributed by atoms with Gasteiger partial charge in [0.25, 0.3) is 0 Å². The zero-order chi connectivity index (χ0) is 25.4. The number of aromatic amines is 1. The van der Waals surface area contributed by atoms with Crippen molar-refractivity contribution in [2.45, 2.75) is 29.4 Å². The summed E-state index contributed by atoms with van der Waals surface area (Å²) in [5.74, 6) is 0.376. The molecule has 37 heavy (non-hydrogen) atoms. The van der Waals surface area contributed by atoms with E-state index in [9.17, 15) is 4.21 Å². The largest absolute Gasteiger partial charge is 0.383 e. The monoisotopic (exact) mass is 529 g/mol. The summed E-state index contributed by atoms with van der Waals surface area (Å²) < 4.78 is 12.5. The van der Waals surface area contributed by atoms with E-state index in [-0.39, 0.29) is 5.25 Å². The van der Waals surface area contributed by atoms with Crippen molar-refractivity contribution in [3.8, 4) is 22.5 Å². The normalized spacial score (nSPS) is 14.1. The van der Waals surface area contributed by atoms with E-state index in [1.807, 2.05) is 48.5 Å². The number of hydrogen-bond donors (Lipinski definition) is 3. The number of H-pyrrole nitrogens is 1. The number of fused-ring (bicyclic) bond motifs is 1. The molecule has 0 amide bonds. The lowest BCUT2D eigenvalue weighted by Gasteiger charge is -2.14. The Labute approximate surface area is 221 Å². The van der Waals surface area contributed by atoms with Crippen molar-refractivity contribution in [1.82, 2.24) is 25.1 Å². The number of halogens is 1. The van der Waals surface area contributed by atoms with Gasteiger partial charge >= 0.3 is 0 Å². The van der Waals surface area contributed by atoms with Gasteiger partial charge in [-0.2, -0.15) is 5.10 Å². The van der Waals surface area contributed by atoms with Crippen LogP contribution in [0.3, 0.4) is 0 Å². The fourth-order valence-electron chi connectivity index (χ4n) is 4.24. The molecule has 8 nitrogen and oxygen atoms in total. The summed E-state index contributed by atoms with van der Waals surface area (Å²) in [6.45, 7) is 0.561. The minimum absolute atomic E-state index is 0.267. The van der Waals surface area contributed by atoms with E-state index in [1.165, 1.54) is 0 Å². The van der Waals surface area contributed by atoms with E-state index in [2.05, 4.69) is 20.5 Å². The summed E-state index contributed by atoms with van der Waals surface area (Å²) in [5.41, 5.74) is 11.8.